The molecule has 0 radical (unpaired) electrons. The maximum atomic E-state index is 11.5. The quantitative estimate of drug-likeness (QED) is 0.429. The molecule has 0 saturated heterocycles. The number of esters is 2. The number of aliphatic imine (C=N–C) groups is 2. The predicted molar refractivity (Wildman–Crippen MR) is 104 cm³/mol. The van der Waals surface area contributed by atoms with Crippen LogP contribution in [0.1, 0.15) is 31.8 Å². The third-order valence-corrected chi connectivity index (χ3v) is 3.72. The summed E-state index contributed by atoms with van der Waals surface area (Å²) in [7, 11) is 2.55. The molecular weight excluding hydrogens is 364 g/mol. The molecule has 0 aliphatic rings. The molecule has 2 aromatic carbocycles. The van der Waals surface area contributed by atoms with Gasteiger partial charge in [0.25, 0.3) is 0 Å². The highest BCUT2D eigenvalue weighted by atomic mass is 16.5. The van der Waals surface area contributed by atoms with Crippen LogP contribution in [0.5, 0.6) is 11.5 Å². The van der Waals surface area contributed by atoms with Crippen molar-refractivity contribution in [3.8, 4) is 11.5 Å². The lowest BCUT2D eigenvalue weighted by molar-refractivity contribution is 0.0591. The van der Waals surface area contributed by atoms with Crippen LogP contribution < -0.4 is 0 Å². The molecule has 0 fully saturated rings. The molecule has 2 N–H and O–H groups in total. The third-order valence-electron chi connectivity index (χ3n) is 3.72. The summed E-state index contributed by atoms with van der Waals surface area (Å²) in [6.07, 6.45) is 2.87. The number of methoxy groups -OCH3 is 2. The zero-order valence-corrected chi connectivity index (χ0v) is 15.5. The van der Waals surface area contributed by atoms with Gasteiger partial charge in [0.2, 0.25) is 0 Å². The van der Waals surface area contributed by atoms with Gasteiger partial charge in [0, 0.05) is 23.6 Å². The van der Waals surface area contributed by atoms with Crippen LogP contribution in [-0.4, -0.2) is 61.9 Å². The molecule has 0 spiro atoms. The lowest BCUT2D eigenvalue weighted by Crippen LogP contribution is -2.02. The minimum atomic E-state index is -0.506. The molecule has 0 atom stereocenters. The Hall–Kier alpha value is -3.68. The highest BCUT2D eigenvalue weighted by molar-refractivity contribution is 5.94. The van der Waals surface area contributed by atoms with E-state index in [2.05, 4.69) is 19.5 Å². The van der Waals surface area contributed by atoms with Gasteiger partial charge < -0.3 is 19.7 Å². The van der Waals surface area contributed by atoms with E-state index in [1.54, 1.807) is 0 Å². The zero-order valence-electron chi connectivity index (χ0n) is 15.5. The Morgan fingerprint density at radius 1 is 0.821 bits per heavy atom. The molecule has 2 aromatic rings. The van der Waals surface area contributed by atoms with Crippen molar-refractivity contribution in [2.45, 2.75) is 0 Å². The second-order valence-electron chi connectivity index (χ2n) is 5.60. The highest BCUT2D eigenvalue weighted by Gasteiger charge is 2.09. The largest absolute Gasteiger partial charge is 0.507 e. The maximum Gasteiger partial charge on any atom is 0.337 e. The molecule has 8 heteroatoms. The van der Waals surface area contributed by atoms with Gasteiger partial charge >= 0.3 is 11.9 Å². The summed E-state index contributed by atoms with van der Waals surface area (Å²) in [6.45, 7) is 0.631. The van der Waals surface area contributed by atoms with Crippen LogP contribution >= 0.6 is 0 Å². The molecule has 0 saturated carbocycles. The fourth-order valence-electron chi connectivity index (χ4n) is 2.25. The molecule has 8 nitrogen and oxygen atoms in total. The fourth-order valence-corrected chi connectivity index (χ4v) is 2.25. The normalized spacial score (nSPS) is 11.1. The van der Waals surface area contributed by atoms with Crippen molar-refractivity contribution in [1.82, 2.24) is 0 Å². The van der Waals surface area contributed by atoms with Crippen LogP contribution in [0.3, 0.4) is 0 Å². The number of benzene rings is 2. The number of phenols is 2. The summed E-state index contributed by atoms with van der Waals surface area (Å²) >= 11 is 0. The SMILES string of the molecule is COC(=O)c1ccc(O)c(C=NCCN=Cc2cc(C(=O)OC)ccc2O)c1. The number of aromatic hydroxyl groups is 2. The van der Waals surface area contributed by atoms with Gasteiger partial charge in [-0.25, -0.2) is 9.59 Å². The number of carbonyl (C=O) groups excluding carboxylic acids is 2. The van der Waals surface area contributed by atoms with E-state index in [1.165, 1.54) is 63.0 Å². The van der Waals surface area contributed by atoms with E-state index >= 15 is 0 Å². The number of hydrogen-bond acceptors (Lipinski definition) is 8. The Morgan fingerprint density at radius 2 is 1.21 bits per heavy atom. The Kier molecular flexibility index (Phi) is 7.27. The van der Waals surface area contributed by atoms with Crippen molar-refractivity contribution in [2.24, 2.45) is 9.98 Å². The van der Waals surface area contributed by atoms with Crippen LogP contribution in [0.15, 0.2) is 46.4 Å². The van der Waals surface area contributed by atoms with Crippen molar-refractivity contribution in [3.63, 3.8) is 0 Å². The number of rotatable bonds is 7. The number of ether oxygens (including phenoxy) is 2. The first-order valence-corrected chi connectivity index (χ1v) is 8.28. The number of hydrogen-bond donors (Lipinski definition) is 2. The van der Waals surface area contributed by atoms with E-state index in [4.69, 9.17) is 0 Å². The van der Waals surface area contributed by atoms with E-state index in [0.717, 1.165) is 0 Å². The minimum Gasteiger partial charge on any atom is -0.507 e. The summed E-state index contributed by atoms with van der Waals surface area (Å²) in [4.78, 5) is 31.4. The van der Waals surface area contributed by atoms with E-state index in [1.807, 2.05) is 0 Å². The molecule has 0 aliphatic heterocycles. The van der Waals surface area contributed by atoms with Crippen molar-refractivity contribution >= 4 is 24.4 Å². The number of phenolic OH excluding ortho intramolecular Hbond substituents is 2. The van der Waals surface area contributed by atoms with Crippen LogP contribution in [0, 0.1) is 0 Å². The van der Waals surface area contributed by atoms with Crippen LogP contribution in [0.2, 0.25) is 0 Å². The molecule has 2 rings (SSSR count). The maximum absolute atomic E-state index is 11.5. The number of nitrogens with zero attached hydrogens (tertiary/aromatic N) is 2. The van der Waals surface area contributed by atoms with Gasteiger partial charge in [0.1, 0.15) is 11.5 Å². The van der Waals surface area contributed by atoms with Crippen molar-refractivity contribution in [2.75, 3.05) is 27.3 Å². The predicted octanol–water partition coefficient (Wildman–Crippen LogP) is 2.21. The molecule has 0 bridgehead atoms. The first-order valence-electron chi connectivity index (χ1n) is 8.28. The van der Waals surface area contributed by atoms with Crippen molar-refractivity contribution < 1.29 is 29.3 Å². The van der Waals surface area contributed by atoms with E-state index in [0.29, 0.717) is 35.3 Å². The van der Waals surface area contributed by atoms with Gasteiger partial charge in [-0.15, -0.1) is 0 Å². The van der Waals surface area contributed by atoms with Gasteiger partial charge in [0.05, 0.1) is 38.4 Å². The molecule has 0 amide bonds. The molecule has 0 unspecified atom stereocenters. The van der Waals surface area contributed by atoms with Gasteiger partial charge in [0.15, 0.2) is 0 Å². The summed E-state index contributed by atoms with van der Waals surface area (Å²) in [5, 5.41) is 19.6. The highest BCUT2D eigenvalue weighted by Crippen LogP contribution is 2.18. The van der Waals surface area contributed by atoms with E-state index in [-0.39, 0.29) is 11.5 Å². The Balaban J connectivity index is 1.97. The van der Waals surface area contributed by atoms with Crippen molar-refractivity contribution in [1.29, 1.82) is 0 Å². The smallest absolute Gasteiger partial charge is 0.337 e. The van der Waals surface area contributed by atoms with Gasteiger partial charge in [-0.1, -0.05) is 0 Å². The Labute approximate surface area is 161 Å². The molecule has 0 heterocycles. The molecule has 0 aromatic heterocycles. The fraction of sp³-hybridized carbons (Fsp3) is 0.200. The Bertz CT molecular complexity index is 845. The summed E-state index contributed by atoms with van der Waals surface area (Å²) in [6, 6.07) is 8.65. The van der Waals surface area contributed by atoms with Gasteiger partial charge in [-0.3, -0.25) is 9.98 Å². The van der Waals surface area contributed by atoms with Crippen LogP contribution in [0.25, 0.3) is 0 Å². The van der Waals surface area contributed by atoms with E-state index in [9.17, 15) is 19.8 Å². The Morgan fingerprint density at radius 3 is 1.57 bits per heavy atom. The average molecular weight is 384 g/mol. The van der Waals surface area contributed by atoms with E-state index < -0.39 is 11.9 Å². The first kappa shape index (κ1) is 20.6. The topological polar surface area (TPSA) is 118 Å². The van der Waals surface area contributed by atoms with Crippen LogP contribution in [0.4, 0.5) is 0 Å². The first-order chi connectivity index (χ1) is 13.5. The van der Waals surface area contributed by atoms with Gasteiger partial charge in [-0.2, -0.15) is 0 Å². The summed E-state index contributed by atoms with van der Waals surface area (Å²) in [5.74, 6) is -1.03. The zero-order chi connectivity index (χ0) is 20.5. The number of carbonyl (C=O) groups is 2. The minimum absolute atomic E-state index is 0.00977. The summed E-state index contributed by atoms with van der Waals surface area (Å²) < 4.78 is 9.27. The molecule has 0 aliphatic carbocycles. The lowest BCUT2D eigenvalue weighted by Gasteiger charge is -2.03. The second-order valence-corrected chi connectivity index (χ2v) is 5.60. The summed E-state index contributed by atoms with van der Waals surface area (Å²) in [5.41, 5.74) is 1.38. The third kappa shape index (κ3) is 5.41. The average Bonchev–Trinajstić information content (AvgIpc) is 2.71. The molecular formula is C20H20N2O6. The molecule has 146 valence electrons. The van der Waals surface area contributed by atoms with Gasteiger partial charge in [-0.05, 0) is 36.4 Å². The standard InChI is InChI=1S/C20H20N2O6/c1-27-19(25)13-3-5-17(23)15(9-13)11-21-7-8-22-12-16-10-14(20(26)28-2)4-6-18(16)24/h3-6,9-12,23-24H,7-8H2,1-2H3. The molecule has 28 heavy (non-hydrogen) atoms. The monoisotopic (exact) mass is 384 g/mol. The second kappa shape index (κ2) is 9.86. The lowest BCUT2D eigenvalue weighted by atomic mass is 10.1. The van der Waals surface area contributed by atoms with Crippen LogP contribution in [-0.2, 0) is 9.47 Å². The van der Waals surface area contributed by atoms with Crippen molar-refractivity contribution in [3.05, 3.63) is 58.7 Å².